The first kappa shape index (κ1) is 15.4. The van der Waals surface area contributed by atoms with Crippen molar-refractivity contribution in [1.29, 1.82) is 0 Å². The molecule has 1 aromatic heterocycles. The first-order chi connectivity index (χ1) is 11.1. The maximum absolute atomic E-state index is 11.9. The highest BCUT2D eigenvalue weighted by Gasteiger charge is 2.29. The average Bonchev–Trinajstić information content (AvgIpc) is 3.00. The molecule has 0 bridgehead atoms. The zero-order valence-electron chi connectivity index (χ0n) is 12.5. The molecule has 2 heterocycles. The van der Waals surface area contributed by atoms with Gasteiger partial charge in [0.15, 0.2) is 11.5 Å². The van der Waals surface area contributed by atoms with Gasteiger partial charge in [-0.05, 0) is 17.7 Å². The number of rotatable bonds is 5. The lowest BCUT2D eigenvalue weighted by Crippen LogP contribution is -2.29. The number of carbonyl (C=O) groups excluding carboxylic acids is 1. The third-order valence-corrected chi connectivity index (χ3v) is 3.76. The number of anilines is 1. The van der Waals surface area contributed by atoms with Crippen LogP contribution in [0.1, 0.15) is 18.0 Å². The van der Waals surface area contributed by atoms with E-state index in [4.69, 9.17) is 21.1 Å². The van der Waals surface area contributed by atoms with Crippen LogP contribution >= 0.6 is 11.6 Å². The van der Waals surface area contributed by atoms with Crippen LogP contribution < -0.4 is 14.8 Å². The Bertz CT molecular complexity index is 759. The van der Waals surface area contributed by atoms with Crippen molar-refractivity contribution in [2.45, 2.75) is 12.5 Å². The molecule has 1 N–H and O–H groups in total. The zero-order valence-corrected chi connectivity index (χ0v) is 13.2. The lowest BCUT2D eigenvalue weighted by molar-refractivity contribution is -0.117. The topological polar surface area (TPSA) is 78.3 Å². The molecule has 23 heavy (non-hydrogen) atoms. The Morgan fingerprint density at radius 3 is 3.13 bits per heavy atom. The fourth-order valence-corrected chi connectivity index (χ4v) is 2.75. The number of benzene rings is 1. The number of hydrogen-bond donors (Lipinski definition) is 1. The summed E-state index contributed by atoms with van der Waals surface area (Å²) in [6, 6.07) is 3.23. The molecule has 8 heteroatoms. The highest BCUT2D eigenvalue weighted by atomic mass is 35.5. The van der Waals surface area contributed by atoms with Crippen LogP contribution in [0.15, 0.2) is 31.1 Å². The van der Waals surface area contributed by atoms with Crippen molar-refractivity contribution in [3.8, 4) is 11.5 Å². The Balaban J connectivity index is 2.03. The van der Waals surface area contributed by atoms with Crippen molar-refractivity contribution in [2.75, 3.05) is 19.0 Å². The molecule has 0 aliphatic carbocycles. The molecule has 1 aliphatic rings. The summed E-state index contributed by atoms with van der Waals surface area (Å²) in [7, 11) is 1.53. The number of fused-ring (bicyclic) bond motifs is 1. The van der Waals surface area contributed by atoms with Crippen LogP contribution in [0.5, 0.6) is 11.5 Å². The second-order valence-corrected chi connectivity index (χ2v) is 5.34. The van der Waals surface area contributed by atoms with Gasteiger partial charge in [0, 0.05) is 0 Å². The summed E-state index contributed by atoms with van der Waals surface area (Å²) in [5, 5.41) is 7.24. The number of carbonyl (C=O) groups is 1. The Kier molecular flexibility index (Phi) is 4.20. The normalized spacial score (nSPS) is 16.4. The maximum Gasteiger partial charge on any atom is 0.229 e. The smallest absolute Gasteiger partial charge is 0.229 e. The average molecular weight is 335 g/mol. The van der Waals surface area contributed by atoms with Crippen LogP contribution in [0, 0.1) is 0 Å². The van der Waals surface area contributed by atoms with Gasteiger partial charge in [0.05, 0.1) is 24.6 Å². The number of amides is 1. The fourth-order valence-electron chi connectivity index (χ4n) is 2.48. The number of aromatic nitrogens is 3. The summed E-state index contributed by atoms with van der Waals surface area (Å²) < 4.78 is 12.5. The van der Waals surface area contributed by atoms with Crippen molar-refractivity contribution in [2.24, 2.45) is 0 Å². The Hall–Kier alpha value is -2.54. The number of ether oxygens (including phenoxy) is 2. The first-order valence-corrected chi connectivity index (χ1v) is 7.32. The van der Waals surface area contributed by atoms with E-state index in [1.807, 2.05) is 0 Å². The Morgan fingerprint density at radius 1 is 1.57 bits per heavy atom. The van der Waals surface area contributed by atoms with Gasteiger partial charge >= 0.3 is 0 Å². The monoisotopic (exact) mass is 334 g/mol. The standard InChI is InChI=1S/C15H15ClN4O3/c1-3-4-23-14-10(16)5-9(6-12(14)22-2)11-7-13(21)19-15-17-8-18-20(11)15/h3,5-6,8,11H,1,4,7H2,2H3,(H,17,18,19,21). The largest absolute Gasteiger partial charge is 0.493 e. The van der Waals surface area contributed by atoms with E-state index in [0.717, 1.165) is 5.56 Å². The third-order valence-electron chi connectivity index (χ3n) is 3.48. The number of methoxy groups -OCH3 is 1. The Morgan fingerprint density at radius 2 is 2.39 bits per heavy atom. The highest BCUT2D eigenvalue weighted by molar-refractivity contribution is 6.32. The number of halogens is 1. The SMILES string of the molecule is C=CCOc1c(Cl)cc(C2CC(=O)Nc3ncnn32)cc1OC. The van der Waals surface area contributed by atoms with E-state index in [9.17, 15) is 4.79 Å². The van der Waals surface area contributed by atoms with Crippen LogP contribution in [0.3, 0.4) is 0 Å². The predicted molar refractivity (Wildman–Crippen MR) is 85.1 cm³/mol. The van der Waals surface area contributed by atoms with E-state index in [2.05, 4.69) is 22.0 Å². The molecular formula is C15H15ClN4O3. The summed E-state index contributed by atoms with van der Waals surface area (Å²) in [6.07, 6.45) is 3.26. The lowest BCUT2D eigenvalue weighted by Gasteiger charge is -2.24. The minimum Gasteiger partial charge on any atom is -0.493 e. The van der Waals surface area contributed by atoms with E-state index in [1.54, 1.807) is 22.9 Å². The van der Waals surface area contributed by atoms with Gasteiger partial charge in [0.2, 0.25) is 11.9 Å². The molecule has 120 valence electrons. The molecule has 0 fully saturated rings. The molecule has 3 rings (SSSR count). The van der Waals surface area contributed by atoms with Crippen molar-refractivity contribution in [3.05, 3.63) is 41.7 Å². The summed E-state index contributed by atoms with van der Waals surface area (Å²) >= 11 is 6.32. The van der Waals surface area contributed by atoms with E-state index < -0.39 is 0 Å². The summed E-state index contributed by atoms with van der Waals surface area (Å²) in [5.41, 5.74) is 0.791. The van der Waals surface area contributed by atoms with E-state index in [0.29, 0.717) is 29.1 Å². The van der Waals surface area contributed by atoms with Crippen molar-refractivity contribution >= 4 is 23.5 Å². The van der Waals surface area contributed by atoms with Gasteiger partial charge in [0.1, 0.15) is 12.9 Å². The van der Waals surface area contributed by atoms with Crippen molar-refractivity contribution in [1.82, 2.24) is 14.8 Å². The minimum atomic E-state index is -0.305. The molecule has 1 unspecified atom stereocenters. The summed E-state index contributed by atoms with van der Waals surface area (Å²) in [5.74, 6) is 1.21. The minimum absolute atomic E-state index is 0.127. The molecule has 1 aromatic carbocycles. The van der Waals surface area contributed by atoms with Crippen LogP contribution in [0.2, 0.25) is 5.02 Å². The van der Waals surface area contributed by atoms with Gasteiger partial charge in [-0.15, -0.1) is 0 Å². The quantitative estimate of drug-likeness (QED) is 0.850. The van der Waals surface area contributed by atoms with Gasteiger partial charge in [-0.25, -0.2) is 4.68 Å². The van der Waals surface area contributed by atoms with Crippen LogP contribution in [-0.2, 0) is 4.79 Å². The summed E-state index contributed by atoms with van der Waals surface area (Å²) in [4.78, 5) is 15.9. The summed E-state index contributed by atoms with van der Waals surface area (Å²) in [6.45, 7) is 3.92. The Labute approximate surface area is 137 Å². The fraction of sp³-hybridized carbons (Fsp3) is 0.267. The molecule has 0 radical (unpaired) electrons. The lowest BCUT2D eigenvalue weighted by atomic mass is 10.0. The molecule has 2 aromatic rings. The number of hydrogen-bond acceptors (Lipinski definition) is 5. The molecule has 1 aliphatic heterocycles. The maximum atomic E-state index is 11.9. The number of nitrogens with one attached hydrogen (secondary N) is 1. The molecule has 0 saturated carbocycles. The highest BCUT2D eigenvalue weighted by Crippen LogP contribution is 2.40. The third kappa shape index (κ3) is 2.87. The van der Waals surface area contributed by atoms with Gasteiger partial charge in [0.25, 0.3) is 0 Å². The second kappa shape index (κ2) is 6.29. The van der Waals surface area contributed by atoms with Crippen molar-refractivity contribution in [3.63, 3.8) is 0 Å². The van der Waals surface area contributed by atoms with Crippen LogP contribution in [0.25, 0.3) is 0 Å². The molecule has 7 nitrogen and oxygen atoms in total. The van der Waals surface area contributed by atoms with Gasteiger partial charge in [-0.2, -0.15) is 10.1 Å². The first-order valence-electron chi connectivity index (χ1n) is 6.94. The van der Waals surface area contributed by atoms with Crippen LogP contribution in [0.4, 0.5) is 5.95 Å². The van der Waals surface area contributed by atoms with Crippen molar-refractivity contribution < 1.29 is 14.3 Å². The van der Waals surface area contributed by atoms with Gasteiger partial charge in [-0.1, -0.05) is 24.3 Å². The molecule has 1 amide bonds. The second-order valence-electron chi connectivity index (χ2n) is 4.93. The van der Waals surface area contributed by atoms with E-state index in [1.165, 1.54) is 13.4 Å². The van der Waals surface area contributed by atoms with E-state index in [-0.39, 0.29) is 18.4 Å². The van der Waals surface area contributed by atoms with Gasteiger partial charge in [-0.3, -0.25) is 10.1 Å². The molecule has 0 saturated heterocycles. The van der Waals surface area contributed by atoms with Gasteiger partial charge < -0.3 is 9.47 Å². The molecule has 1 atom stereocenters. The van der Waals surface area contributed by atoms with E-state index >= 15 is 0 Å². The van der Waals surface area contributed by atoms with Crippen LogP contribution in [-0.4, -0.2) is 34.4 Å². The predicted octanol–water partition coefficient (Wildman–Crippen LogP) is 2.44. The zero-order chi connectivity index (χ0) is 16.4. The molecular weight excluding hydrogens is 320 g/mol. The number of nitrogens with zero attached hydrogens (tertiary/aromatic N) is 3. The molecule has 0 spiro atoms.